The molecule has 2 aromatic rings. The molecule has 1 heterocycles. The maximum Gasteiger partial charge on any atom is 0.0671 e. The summed E-state index contributed by atoms with van der Waals surface area (Å²) in [6.45, 7) is 2.91. The lowest BCUT2D eigenvalue weighted by atomic mass is 10.2. The second kappa shape index (κ2) is 4.91. The van der Waals surface area contributed by atoms with Crippen molar-refractivity contribution in [3.63, 3.8) is 0 Å². The molecule has 0 atom stereocenters. The Morgan fingerprint density at radius 2 is 2.00 bits per heavy atom. The molecule has 0 fully saturated rings. The first-order chi connectivity index (χ1) is 8.19. The van der Waals surface area contributed by atoms with Gasteiger partial charge in [-0.3, -0.25) is 4.68 Å². The summed E-state index contributed by atoms with van der Waals surface area (Å²) in [6.07, 6.45) is 3.02. The van der Waals surface area contributed by atoms with Crippen molar-refractivity contribution >= 4 is 11.4 Å². The minimum absolute atomic E-state index is 0.783. The molecule has 17 heavy (non-hydrogen) atoms. The summed E-state index contributed by atoms with van der Waals surface area (Å²) >= 11 is 0. The molecule has 0 saturated heterocycles. The molecular formula is C13H18N4. The summed E-state index contributed by atoms with van der Waals surface area (Å²) in [5.74, 6) is 0. The second-order valence-corrected chi connectivity index (χ2v) is 4.10. The van der Waals surface area contributed by atoms with Crippen molar-refractivity contribution in [3.8, 4) is 0 Å². The van der Waals surface area contributed by atoms with E-state index in [1.165, 1.54) is 5.56 Å². The second-order valence-electron chi connectivity index (χ2n) is 4.10. The third-order valence-electron chi connectivity index (χ3n) is 2.72. The van der Waals surface area contributed by atoms with Crippen LogP contribution in [-0.2, 0) is 20.0 Å². The van der Waals surface area contributed by atoms with E-state index in [2.05, 4.69) is 23.5 Å². The summed E-state index contributed by atoms with van der Waals surface area (Å²) in [6, 6.07) is 7.76. The lowest BCUT2D eigenvalue weighted by Gasteiger charge is -2.06. The molecule has 4 heteroatoms. The fourth-order valence-corrected chi connectivity index (χ4v) is 1.83. The maximum atomic E-state index is 5.64. The standard InChI is InChI=1S/C13H18N4/c1-3-13-10(9-17(2)16-13)8-15-12-6-4-11(14)5-7-12/h4-7,9,15H,3,8,14H2,1-2H3. The van der Waals surface area contributed by atoms with Gasteiger partial charge in [-0.2, -0.15) is 5.10 Å². The average Bonchev–Trinajstić information content (AvgIpc) is 2.69. The Hall–Kier alpha value is -1.97. The van der Waals surface area contributed by atoms with Crippen LogP contribution >= 0.6 is 0 Å². The van der Waals surface area contributed by atoms with Gasteiger partial charge in [0, 0.05) is 36.7 Å². The van der Waals surface area contributed by atoms with Gasteiger partial charge < -0.3 is 11.1 Å². The van der Waals surface area contributed by atoms with Crippen LogP contribution in [0.5, 0.6) is 0 Å². The molecule has 90 valence electrons. The van der Waals surface area contributed by atoms with Crippen LogP contribution in [0.15, 0.2) is 30.5 Å². The first-order valence-corrected chi connectivity index (χ1v) is 5.80. The van der Waals surface area contributed by atoms with Gasteiger partial charge in [-0.25, -0.2) is 0 Å². The molecule has 0 spiro atoms. The quantitative estimate of drug-likeness (QED) is 0.791. The molecule has 2 rings (SSSR count). The van der Waals surface area contributed by atoms with E-state index < -0.39 is 0 Å². The Balaban J connectivity index is 2.04. The molecule has 3 N–H and O–H groups in total. The number of anilines is 2. The van der Waals surface area contributed by atoms with E-state index in [0.717, 1.165) is 30.0 Å². The molecule has 0 aliphatic rings. The smallest absolute Gasteiger partial charge is 0.0671 e. The molecule has 4 nitrogen and oxygen atoms in total. The van der Waals surface area contributed by atoms with Gasteiger partial charge >= 0.3 is 0 Å². The lowest BCUT2D eigenvalue weighted by molar-refractivity contribution is 0.746. The monoisotopic (exact) mass is 230 g/mol. The van der Waals surface area contributed by atoms with Crippen molar-refractivity contribution in [1.82, 2.24) is 9.78 Å². The number of nitrogens with two attached hydrogens (primary N) is 1. The van der Waals surface area contributed by atoms with E-state index in [1.807, 2.05) is 36.0 Å². The molecule has 0 radical (unpaired) electrons. The van der Waals surface area contributed by atoms with E-state index >= 15 is 0 Å². The molecule has 0 aliphatic carbocycles. The highest BCUT2D eigenvalue weighted by molar-refractivity contribution is 5.51. The summed E-state index contributed by atoms with van der Waals surface area (Å²) in [5, 5.41) is 7.78. The van der Waals surface area contributed by atoms with Gasteiger partial charge in [0.25, 0.3) is 0 Å². The normalized spacial score (nSPS) is 10.5. The number of hydrogen-bond acceptors (Lipinski definition) is 3. The van der Waals surface area contributed by atoms with Gasteiger partial charge in [-0.15, -0.1) is 0 Å². The summed E-state index contributed by atoms with van der Waals surface area (Å²) in [5.41, 5.74) is 9.89. The Morgan fingerprint density at radius 3 is 2.65 bits per heavy atom. The van der Waals surface area contributed by atoms with Crippen LogP contribution in [0.2, 0.25) is 0 Å². The highest BCUT2D eigenvalue weighted by Gasteiger charge is 2.05. The van der Waals surface area contributed by atoms with E-state index in [0.29, 0.717) is 0 Å². The fourth-order valence-electron chi connectivity index (χ4n) is 1.83. The zero-order valence-electron chi connectivity index (χ0n) is 10.3. The van der Waals surface area contributed by atoms with Crippen LogP contribution in [0.3, 0.4) is 0 Å². The van der Waals surface area contributed by atoms with Crippen molar-refractivity contribution in [2.75, 3.05) is 11.1 Å². The van der Waals surface area contributed by atoms with E-state index in [9.17, 15) is 0 Å². The molecule has 0 aliphatic heterocycles. The molecule has 0 amide bonds. The Morgan fingerprint density at radius 1 is 1.29 bits per heavy atom. The van der Waals surface area contributed by atoms with Crippen LogP contribution < -0.4 is 11.1 Å². The Kier molecular flexibility index (Phi) is 3.32. The van der Waals surface area contributed by atoms with Gasteiger partial charge in [-0.05, 0) is 30.7 Å². The van der Waals surface area contributed by atoms with Crippen LogP contribution in [0, 0.1) is 0 Å². The number of hydrogen-bond donors (Lipinski definition) is 2. The predicted molar refractivity (Wildman–Crippen MR) is 70.8 cm³/mol. The van der Waals surface area contributed by atoms with Gasteiger partial charge in [0.15, 0.2) is 0 Å². The number of nitrogens with one attached hydrogen (secondary N) is 1. The molecule has 1 aromatic heterocycles. The number of nitrogens with zero attached hydrogens (tertiary/aromatic N) is 2. The topological polar surface area (TPSA) is 55.9 Å². The number of rotatable bonds is 4. The molecular weight excluding hydrogens is 212 g/mol. The summed E-state index contributed by atoms with van der Waals surface area (Å²) in [4.78, 5) is 0. The first kappa shape index (κ1) is 11.5. The number of benzene rings is 1. The third kappa shape index (κ3) is 2.78. The van der Waals surface area contributed by atoms with Gasteiger partial charge in [0.1, 0.15) is 0 Å². The zero-order chi connectivity index (χ0) is 12.3. The minimum Gasteiger partial charge on any atom is -0.399 e. The van der Waals surface area contributed by atoms with Crippen molar-refractivity contribution in [1.29, 1.82) is 0 Å². The van der Waals surface area contributed by atoms with Crippen molar-refractivity contribution in [2.45, 2.75) is 19.9 Å². The number of nitrogen functional groups attached to an aromatic ring is 1. The van der Waals surface area contributed by atoms with Crippen LogP contribution in [-0.4, -0.2) is 9.78 Å². The minimum atomic E-state index is 0.783. The SMILES string of the molecule is CCc1nn(C)cc1CNc1ccc(N)cc1. The zero-order valence-corrected chi connectivity index (χ0v) is 10.3. The first-order valence-electron chi connectivity index (χ1n) is 5.80. The number of aryl methyl sites for hydroxylation is 2. The fraction of sp³-hybridized carbons (Fsp3) is 0.308. The lowest BCUT2D eigenvalue weighted by Crippen LogP contribution is -2.01. The third-order valence-corrected chi connectivity index (χ3v) is 2.72. The molecule has 0 bridgehead atoms. The van der Waals surface area contributed by atoms with Gasteiger partial charge in [-0.1, -0.05) is 6.92 Å². The van der Waals surface area contributed by atoms with E-state index in [1.54, 1.807) is 0 Å². The largest absolute Gasteiger partial charge is 0.399 e. The van der Waals surface area contributed by atoms with Crippen LogP contribution in [0.4, 0.5) is 11.4 Å². The highest BCUT2D eigenvalue weighted by Crippen LogP contribution is 2.13. The van der Waals surface area contributed by atoms with Crippen molar-refractivity contribution in [2.24, 2.45) is 7.05 Å². The highest BCUT2D eigenvalue weighted by atomic mass is 15.3. The van der Waals surface area contributed by atoms with Gasteiger partial charge in [0.2, 0.25) is 0 Å². The molecule has 1 aromatic carbocycles. The molecule has 0 unspecified atom stereocenters. The van der Waals surface area contributed by atoms with Crippen molar-refractivity contribution < 1.29 is 0 Å². The van der Waals surface area contributed by atoms with Crippen molar-refractivity contribution in [3.05, 3.63) is 41.7 Å². The van der Waals surface area contributed by atoms with Gasteiger partial charge in [0.05, 0.1) is 5.69 Å². The Bertz CT molecular complexity index is 485. The summed E-state index contributed by atoms with van der Waals surface area (Å²) < 4.78 is 1.86. The summed E-state index contributed by atoms with van der Waals surface area (Å²) in [7, 11) is 1.95. The number of aromatic nitrogens is 2. The predicted octanol–water partition coefficient (Wildman–Crippen LogP) is 2.18. The van der Waals surface area contributed by atoms with E-state index in [-0.39, 0.29) is 0 Å². The molecule has 0 saturated carbocycles. The average molecular weight is 230 g/mol. The van der Waals surface area contributed by atoms with Crippen LogP contribution in [0.1, 0.15) is 18.2 Å². The van der Waals surface area contributed by atoms with E-state index in [4.69, 9.17) is 5.73 Å². The maximum absolute atomic E-state index is 5.64. The van der Waals surface area contributed by atoms with Crippen LogP contribution in [0.25, 0.3) is 0 Å². The Labute approximate surface area is 101 Å².